The van der Waals surface area contributed by atoms with Crippen LogP contribution in [0.1, 0.15) is 59.8 Å². The fraction of sp³-hybridized carbons (Fsp3) is 0.947. The largest absolute Gasteiger partial charge is 0.438 e. The van der Waals surface area contributed by atoms with E-state index in [9.17, 15) is 9.90 Å². The summed E-state index contributed by atoms with van der Waals surface area (Å²) in [6, 6.07) is 0. The molecule has 4 aliphatic rings. The zero-order chi connectivity index (χ0) is 16.8. The van der Waals surface area contributed by atoms with Crippen LogP contribution in [0, 0.1) is 35.0 Å². The lowest BCUT2D eigenvalue weighted by molar-refractivity contribution is -0.215. The summed E-state index contributed by atoms with van der Waals surface area (Å²) in [5.74, 6) is 2.31. The number of carbonyl (C=O) groups is 1. The van der Waals surface area contributed by atoms with Crippen LogP contribution in [-0.4, -0.2) is 30.1 Å². The second kappa shape index (κ2) is 6.36. The van der Waals surface area contributed by atoms with Crippen LogP contribution in [0.4, 0.5) is 0 Å². The van der Waals surface area contributed by atoms with Crippen molar-refractivity contribution in [1.29, 1.82) is 0 Å². The van der Waals surface area contributed by atoms with E-state index in [-0.39, 0.29) is 30.9 Å². The van der Waals surface area contributed by atoms with Crippen molar-refractivity contribution < 1.29 is 19.4 Å². The Labute approximate surface area is 139 Å². The van der Waals surface area contributed by atoms with E-state index in [1.165, 1.54) is 12.8 Å². The van der Waals surface area contributed by atoms with Crippen molar-refractivity contribution in [2.24, 2.45) is 35.0 Å². The maximum Gasteiger partial charge on any atom is 0.313 e. The number of hydrogen-bond donors (Lipinski definition) is 1. The molecule has 0 saturated heterocycles. The van der Waals surface area contributed by atoms with Gasteiger partial charge in [-0.3, -0.25) is 4.79 Å². The Morgan fingerprint density at radius 3 is 2.57 bits per heavy atom. The van der Waals surface area contributed by atoms with Gasteiger partial charge >= 0.3 is 5.97 Å². The third kappa shape index (κ3) is 3.43. The highest BCUT2D eigenvalue weighted by Crippen LogP contribution is 2.54. The first-order valence-corrected chi connectivity index (χ1v) is 9.25. The third-order valence-electron chi connectivity index (χ3n) is 6.21. The van der Waals surface area contributed by atoms with Crippen molar-refractivity contribution in [2.75, 3.05) is 6.79 Å². The highest BCUT2D eigenvalue weighted by atomic mass is 16.7. The molecule has 0 spiro atoms. The number of carbonyl (C=O) groups excluding carboxylic acids is 1. The number of aliphatic hydroxyl groups excluding tert-OH is 1. The second-order valence-electron chi connectivity index (χ2n) is 9.15. The molecule has 23 heavy (non-hydrogen) atoms. The molecular formula is C19H32O4. The average molecular weight is 324 g/mol. The second-order valence-corrected chi connectivity index (χ2v) is 9.15. The molecular weight excluding hydrogens is 292 g/mol. The van der Waals surface area contributed by atoms with Crippen molar-refractivity contribution in [3.8, 4) is 0 Å². The lowest BCUT2D eigenvalue weighted by Gasteiger charge is -2.56. The Balaban J connectivity index is 1.50. The Morgan fingerprint density at radius 2 is 1.87 bits per heavy atom. The van der Waals surface area contributed by atoms with E-state index in [1.807, 2.05) is 13.8 Å². The molecule has 4 aliphatic carbocycles. The molecule has 0 aliphatic heterocycles. The molecule has 132 valence electrons. The predicted octanol–water partition coefficient (Wildman–Crippen LogP) is 3.37. The van der Waals surface area contributed by atoms with Gasteiger partial charge in [0.2, 0.25) is 0 Å². The zero-order valence-electron chi connectivity index (χ0n) is 15.0. The van der Waals surface area contributed by atoms with Gasteiger partial charge < -0.3 is 14.6 Å². The fourth-order valence-electron chi connectivity index (χ4n) is 5.55. The van der Waals surface area contributed by atoms with Crippen molar-refractivity contribution in [3.63, 3.8) is 0 Å². The van der Waals surface area contributed by atoms with Gasteiger partial charge in [-0.05, 0) is 69.6 Å². The van der Waals surface area contributed by atoms with Gasteiger partial charge in [0.15, 0.2) is 6.79 Å². The molecule has 4 fully saturated rings. The molecule has 1 N–H and O–H groups in total. The molecule has 4 bridgehead atoms. The third-order valence-corrected chi connectivity index (χ3v) is 6.21. The van der Waals surface area contributed by atoms with Crippen molar-refractivity contribution in [2.45, 2.75) is 72.0 Å². The van der Waals surface area contributed by atoms with E-state index in [2.05, 4.69) is 13.8 Å². The summed E-state index contributed by atoms with van der Waals surface area (Å²) in [7, 11) is 0. The Kier molecular flexibility index (Phi) is 4.76. The smallest absolute Gasteiger partial charge is 0.313 e. The molecule has 4 heteroatoms. The van der Waals surface area contributed by atoms with Gasteiger partial charge in [-0.15, -0.1) is 0 Å². The van der Waals surface area contributed by atoms with Crippen molar-refractivity contribution >= 4 is 5.97 Å². The van der Waals surface area contributed by atoms with E-state index in [4.69, 9.17) is 9.47 Å². The van der Waals surface area contributed by atoms with E-state index in [1.54, 1.807) is 0 Å². The van der Waals surface area contributed by atoms with Crippen LogP contribution < -0.4 is 0 Å². The lowest BCUT2D eigenvalue weighted by Crippen LogP contribution is -2.57. The van der Waals surface area contributed by atoms with Gasteiger partial charge in [-0.1, -0.05) is 13.8 Å². The standard InChI is InChI=1S/C19H32O4/c1-11(2)9-19(3,4)18(21)23-10-22-17-14-6-12-5-13(8-14)16(20)15(17)7-12/h11-17,20H,5-10H2,1-4H3. The molecule has 4 rings (SSSR count). The number of rotatable bonds is 6. The summed E-state index contributed by atoms with van der Waals surface area (Å²) >= 11 is 0. The van der Waals surface area contributed by atoms with Crippen LogP contribution in [0.2, 0.25) is 0 Å². The SMILES string of the molecule is CC(C)CC(C)(C)C(=O)OCOC1C2CC3CC(C2)C(O)C1C3. The summed E-state index contributed by atoms with van der Waals surface area (Å²) < 4.78 is 11.4. The highest BCUT2D eigenvalue weighted by Gasteiger charge is 2.53. The molecule has 0 heterocycles. The quantitative estimate of drug-likeness (QED) is 0.601. The number of hydrogen-bond acceptors (Lipinski definition) is 4. The molecule has 0 aromatic heterocycles. The maximum atomic E-state index is 12.3. The summed E-state index contributed by atoms with van der Waals surface area (Å²) in [4.78, 5) is 12.3. The molecule has 6 unspecified atom stereocenters. The normalized spacial score (nSPS) is 39.0. The summed E-state index contributed by atoms with van der Waals surface area (Å²) in [5, 5.41) is 10.4. The monoisotopic (exact) mass is 324 g/mol. The van der Waals surface area contributed by atoms with Crippen LogP contribution in [0.3, 0.4) is 0 Å². The van der Waals surface area contributed by atoms with Gasteiger partial charge in [0, 0.05) is 5.92 Å². The van der Waals surface area contributed by atoms with Crippen LogP contribution in [0.5, 0.6) is 0 Å². The number of ether oxygens (including phenoxy) is 2. The minimum absolute atomic E-state index is 0.0279. The van der Waals surface area contributed by atoms with E-state index in [0.717, 1.165) is 25.2 Å². The van der Waals surface area contributed by atoms with Crippen LogP contribution in [0.15, 0.2) is 0 Å². The van der Waals surface area contributed by atoms with Crippen LogP contribution in [-0.2, 0) is 14.3 Å². The van der Waals surface area contributed by atoms with Crippen LogP contribution >= 0.6 is 0 Å². The van der Waals surface area contributed by atoms with E-state index >= 15 is 0 Å². The molecule has 6 atom stereocenters. The first-order chi connectivity index (χ1) is 10.8. The van der Waals surface area contributed by atoms with Crippen molar-refractivity contribution in [1.82, 2.24) is 0 Å². The zero-order valence-corrected chi connectivity index (χ0v) is 15.0. The summed E-state index contributed by atoms with van der Waals surface area (Å²) in [5.41, 5.74) is -0.471. The molecule has 4 nitrogen and oxygen atoms in total. The minimum Gasteiger partial charge on any atom is -0.438 e. The van der Waals surface area contributed by atoms with Gasteiger partial charge in [0.25, 0.3) is 0 Å². The Morgan fingerprint density at radius 1 is 1.17 bits per heavy atom. The summed E-state index contributed by atoms with van der Waals surface area (Å²) in [6.45, 7) is 8.12. The van der Waals surface area contributed by atoms with E-state index < -0.39 is 5.41 Å². The van der Waals surface area contributed by atoms with Crippen molar-refractivity contribution in [3.05, 3.63) is 0 Å². The minimum atomic E-state index is -0.471. The number of esters is 1. The van der Waals surface area contributed by atoms with Gasteiger partial charge in [-0.2, -0.15) is 0 Å². The highest BCUT2D eigenvalue weighted by molar-refractivity contribution is 5.75. The predicted molar refractivity (Wildman–Crippen MR) is 87.5 cm³/mol. The molecule has 0 radical (unpaired) electrons. The first kappa shape index (κ1) is 17.2. The summed E-state index contributed by atoms with van der Waals surface area (Å²) in [6.07, 6.45) is 5.22. The fourth-order valence-corrected chi connectivity index (χ4v) is 5.55. The Hall–Kier alpha value is -0.610. The van der Waals surface area contributed by atoms with Gasteiger partial charge in [0.05, 0.1) is 17.6 Å². The number of aliphatic hydroxyl groups is 1. The molecule has 0 aromatic rings. The molecule has 0 amide bonds. The molecule has 0 aromatic carbocycles. The first-order valence-electron chi connectivity index (χ1n) is 9.25. The van der Waals surface area contributed by atoms with E-state index in [0.29, 0.717) is 17.8 Å². The topological polar surface area (TPSA) is 55.8 Å². The Bertz CT molecular complexity index is 445. The molecule has 4 saturated carbocycles. The maximum absolute atomic E-state index is 12.3. The van der Waals surface area contributed by atoms with Gasteiger partial charge in [-0.25, -0.2) is 0 Å². The van der Waals surface area contributed by atoms with Crippen LogP contribution in [0.25, 0.3) is 0 Å². The average Bonchev–Trinajstić information content (AvgIpc) is 2.45. The lowest BCUT2D eigenvalue weighted by atomic mass is 9.53. The van der Waals surface area contributed by atoms with Gasteiger partial charge in [0.1, 0.15) is 0 Å².